The van der Waals surface area contributed by atoms with Crippen LogP contribution >= 0.6 is 11.3 Å². The molecule has 0 saturated heterocycles. The molecule has 30 heavy (non-hydrogen) atoms. The standard InChI is InChI=1S/C23H21N3O3S/c1-4-29-22(28)19-15(3)25-23-26(20(19)17-9-7-14(2)8-10-17)21(27)18(30-23)12-16-6-5-11-24-13-16/h5-13,20H,4H2,1-3H3/b18-12-/t20-/m0/s1. The second kappa shape index (κ2) is 8.20. The van der Waals surface area contributed by atoms with E-state index in [1.165, 1.54) is 11.3 Å². The summed E-state index contributed by atoms with van der Waals surface area (Å²) in [6.45, 7) is 5.79. The Hall–Kier alpha value is -3.32. The average Bonchev–Trinajstić information content (AvgIpc) is 3.03. The largest absolute Gasteiger partial charge is 0.463 e. The summed E-state index contributed by atoms with van der Waals surface area (Å²) in [4.78, 5) is 35.4. The van der Waals surface area contributed by atoms with Gasteiger partial charge in [-0.25, -0.2) is 9.79 Å². The number of fused-ring (bicyclic) bond motifs is 1. The first-order valence-corrected chi connectivity index (χ1v) is 10.5. The second-order valence-electron chi connectivity index (χ2n) is 7.00. The molecule has 7 heteroatoms. The van der Waals surface area contributed by atoms with E-state index in [0.29, 0.717) is 20.6 Å². The normalized spacial score (nSPS) is 16.2. The van der Waals surface area contributed by atoms with Gasteiger partial charge in [-0.2, -0.15) is 0 Å². The third-order valence-corrected chi connectivity index (χ3v) is 5.88. The van der Waals surface area contributed by atoms with E-state index in [1.807, 2.05) is 43.3 Å². The predicted molar refractivity (Wildman–Crippen MR) is 116 cm³/mol. The van der Waals surface area contributed by atoms with Crippen molar-refractivity contribution in [3.05, 3.63) is 96.4 Å². The number of carbonyl (C=O) groups is 1. The highest BCUT2D eigenvalue weighted by atomic mass is 32.1. The van der Waals surface area contributed by atoms with Crippen molar-refractivity contribution in [3.63, 3.8) is 0 Å². The summed E-state index contributed by atoms with van der Waals surface area (Å²) in [5.41, 5.74) is 3.53. The summed E-state index contributed by atoms with van der Waals surface area (Å²) in [5.74, 6) is -0.453. The molecule has 4 rings (SSSR count). The maximum absolute atomic E-state index is 13.4. The fraction of sp³-hybridized carbons (Fsp3) is 0.217. The van der Waals surface area contributed by atoms with E-state index in [-0.39, 0.29) is 12.2 Å². The molecule has 0 fully saturated rings. The van der Waals surface area contributed by atoms with Gasteiger partial charge in [-0.15, -0.1) is 0 Å². The molecule has 0 spiro atoms. The Labute approximate surface area is 177 Å². The number of hydrogen-bond acceptors (Lipinski definition) is 6. The summed E-state index contributed by atoms with van der Waals surface area (Å²) in [5, 5.41) is 0. The zero-order valence-corrected chi connectivity index (χ0v) is 17.8. The lowest BCUT2D eigenvalue weighted by Gasteiger charge is -2.24. The van der Waals surface area contributed by atoms with E-state index < -0.39 is 12.0 Å². The van der Waals surface area contributed by atoms with Crippen molar-refractivity contribution in [2.75, 3.05) is 6.61 Å². The summed E-state index contributed by atoms with van der Waals surface area (Å²) in [6, 6.07) is 10.9. The van der Waals surface area contributed by atoms with Gasteiger partial charge in [0.15, 0.2) is 4.80 Å². The number of ether oxygens (including phenoxy) is 1. The van der Waals surface area contributed by atoms with Gasteiger partial charge in [0.05, 0.1) is 28.5 Å². The number of allylic oxidation sites excluding steroid dienone is 1. The van der Waals surface area contributed by atoms with Crippen LogP contribution < -0.4 is 14.9 Å². The Kier molecular flexibility index (Phi) is 5.46. The molecule has 0 aliphatic carbocycles. The first-order valence-electron chi connectivity index (χ1n) is 9.66. The maximum Gasteiger partial charge on any atom is 0.338 e. The lowest BCUT2D eigenvalue weighted by atomic mass is 9.95. The van der Waals surface area contributed by atoms with E-state index in [1.54, 1.807) is 36.9 Å². The van der Waals surface area contributed by atoms with Crippen LogP contribution in [0.15, 0.2) is 69.8 Å². The van der Waals surface area contributed by atoms with E-state index in [4.69, 9.17) is 4.74 Å². The molecule has 0 saturated carbocycles. The Balaban J connectivity index is 1.96. The van der Waals surface area contributed by atoms with Crippen molar-refractivity contribution in [2.45, 2.75) is 26.8 Å². The van der Waals surface area contributed by atoms with Gasteiger partial charge in [0.1, 0.15) is 0 Å². The number of esters is 1. The van der Waals surface area contributed by atoms with E-state index >= 15 is 0 Å². The van der Waals surface area contributed by atoms with Crippen molar-refractivity contribution in [1.29, 1.82) is 0 Å². The lowest BCUT2D eigenvalue weighted by Crippen LogP contribution is -2.39. The van der Waals surface area contributed by atoms with E-state index in [9.17, 15) is 9.59 Å². The molecule has 3 heterocycles. The van der Waals surface area contributed by atoms with Crippen LogP contribution in [0.1, 0.15) is 36.6 Å². The number of aromatic nitrogens is 2. The van der Waals surface area contributed by atoms with Crippen molar-refractivity contribution in [1.82, 2.24) is 9.55 Å². The highest BCUT2D eigenvalue weighted by Crippen LogP contribution is 2.30. The molecule has 0 N–H and O–H groups in total. The van der Waals surface area contributed by atoms with Gasteiger partial charge in [-0.05, 0) is 44.0 Å². The van der Waals surface area contributed by atoms with Crippen LogP contribution in [0.5, 0.6) is 0 Å². The Morgan fingerprint density at radius 2 is 2.00 bits per heavy atom. The molecule has 1 aliphatic rings. The lowest BCUT2D eigenvalue weighted by molar-refractivity contribution is -0.139. The fourth-order valence-electron chi connectivity index (χ4n) is 3.47. The summed E-state index contributed by atoms with van der Waals surface area (Å²) in [7, 11) is 0. The van der Waals surface area contributed by atoms with Crippen LogP contribution in [0.4, 0.5) is 0 Å². The van der Waals surface area contributed by atoms with Crippen molar-refractivity contribution < 1.29 is 9.53 Å². The molecule has 0 bridgehead atoms. The van der Waals surface area contributed by atoms with Gasteiger partial charge in [0, 0.05) is 12.4 Å². The van der Waals surface area contributed by atoms with Gasteiger partial charge in [-0.1, -0.05) is 47.2 Å². The topological polar surface area (TPSA) is 73.6 Å². The summed E-state index contributed by atoms with van der Waals surface area (Å²) >= 11 is 1.30. The molecule has 6 nitrogen and oxygen atoms in total. The first kappa shape index (κ1) is 20.0. The third kappa shape index (κ3) is 3.64. The monoisotopic (exact) mass is 419 g/mol. The number of hydrogen-bond donors (Lipinski definition) is 0. The minimum absolute atomic E-state index is 0.192. The van der Waals surface area contributed by atoms with Crippen LogP contribution in [-0.4, -0.2) is 22.1 Å². The molecule has 152 valence electrons. The van der Waals surface area contributed by atoms with Gasteiger partial charge in [0.2, 0.25) is 0 Å². The quantitative estimate of drug-likeness (QED) is 0.609. The first-order chi connectivity index (χ1) is 14.5. The average molecular weight is 420 g/mol. The van der Waals surface area contributed by atoms with Crippen LogP contribution in [0.3, 0.4) is 0 Å². The second-order valence-corrected chi connectivity index (χ2v) is 8.01. The van der Waals surface area contributed by atoms with Crippen molar-refractivity contribution in [3.8, 4) is 0 Å². The third-order valence-electron chi connectivity index (χ3n) is 4.89. The number of benzene rings is 1. The smallest absolute Gasteiger partial charge is 0.338 e. The van der Waals surface area contributed by atoms with Gasteiger partial charge >= 0.3 is 5.97 Å². The molecule has 0 unspecified atom stereocenters. The number of rotatable bonds is 4. The predicted octanol–water partition coefficient (Wildman–Crippen LogP) is 2.50. The summed E-state index contributed by atoms with van der Waals surface area (Å²) < 4.78 is 7.43. The number of carbonyl (C=O) groups excluding carboxylic acids is 1. The Bertz CT molecular complexity index is 1300. The molecule has 3 aromatic rings. The Morgan fingerprint density at radius 3 is 2.67 bits per heavy atom. The van der Waals surface area contributed by atoms with Gasteiger partial charge < -0.3 is 4.74 Å². The number of aryl methyl sites for hydroxylation is 1. The molecular weight excluding hydrogens is 398 g/mol. The highest BCUT2D eigenvalue weighted by molar-refractivity contribution is 7.07. The molecule has 1 aliphatic heterocycles. The molecular formula is C23H21N3O3S. The zero-order chi connectivity index (χ0) is 21.3. The Morgan fingerprint density at radius 1 is 1.23 bits per heavy atom. The summed E-state index contributed by atoms with van der Waals surface area (Å²) in [6.07, 6.45) is 5.18. The van der Waals surface area contributed by atoms with Gasteiger partial charge in [0.25, 0.3) is 5.56 Å². The van der Waals surface area contributed by atoms with Crippen LogP contribution in [0.25, 0.3) is 6.08 Å². The number of thiazole rings is 1. The maximum atomic E-state index is 13.4. The molecule has 0 amide bonds. The minimum Gasteiger partial charge on any atom is -0.463 e. The van der Waals surface area contributed by atoms with E-state index in [0.717, 1.165) is 16.7 Å². The van der Waals surface area contributed by atoms with Gasteiger partial charge in [-0.3, -0.25) is 14.3 Å². The molecule has 0 radical (unpaired) electrons. The molecule has 1 atom stereocenters. The molecule has 2 aromatic heterocycles. The SMILES string of the molecule is CCOC(=O)C1=C(C)N=c2s/c(=C\c3cccnc3)c(=O)n2[C@H]1c1ccc(C)cc1. The van der Waals surface area contributed by atoms with Crippen LogP contribution in [0.2, 0.25) is 0 Å². The van der Waals surface area contributed by atoms with E-state index in [2.05, 4.69) is 9.98 Å². The fourth-order valence-corrected chi connectivity index (χ4v) is 4.51. The van der Waals surface area contributed by atoms with Crippen LogP contribution in [0, 0.1) is 6.92 Å². The number of pyridine rings is 1. The minimum atomic E-state index is -0.586. The highest BCUT2D eigenvalue weighted by Gasteiger charge is 2.33. The molecule has 1 aromatic carbocycles. The van der Waals surface area contributed by atoms with Crippen molar-refractivity contribution >= 4 is 23.4 Å². The van der Waals surface area contributed by atoms with Crippen molar-refractivity contribution in [2.24, 2.45) is 4.99 Å². The van der Waals surface area contributed by atoms with Crippen LogP contribution in [-0.2, 0) is 9.53 Å². The zero-order valence-electron chi connectivity index (χ0n) is 17.0. The number of nitrogens with zero attached hydrogens (tertiary/aromatic N) is 3.